The Bertz CT molecular complexity index is 513. The molecule has 1 fully saturated rings. The minimum absolute atomic E-state index is 0.157. The second kappa shape index (κ2) is 6.88. The number of hydrogen-bond donors (Lipinski definition) is 2. The van der Waals surface area contributed by atoms with Crippen molar-refractivity contribution in [3.8, 4) is 0 Å². The minimum Gasteiger partial charge on any atom is -0.388 e. The average Bonchev–Trinajstić information content (AvgIpc) is 2.49. The van der Waals surface area contributed by atoms with Gasteiger partial charge in [-0.3, -0.25) is 4.79 Å². The first kappa shape index (κ1) is 16.4. The van der Waals surface area contributed by atoms with Gasteiger partial charge in [-0.2, -0.15) is 0 Å². The maximum Gasteiger partial charge on any atom is 0.252 e. The van der Waals surface area contributed by atoms with Gasteiger partial charge in [-0.25, -0.2) is 4.39 Å². The van der Waals surface area contributed by atoms with E-state index in [2.05, 4.69) is 28.2 Å². The van der Waals surface area contributed by atoms with E-state index in [9.17, 15) is 14.3 Å². The molecule has 116 valence electrons. The van der Waals surface area contributed by atoms with Gasteiger partial charge in [0.1, 0.15) is 5.82 Å². The third kappa shape index (κ3) is 4.04. The zero-order valence-electron chi connectivity index (χ0n) is 12.2. The SMILES string of the molecule is CCC1CCC(O)(CNC(=O)c2cccc(F)c2Br)CC1. The number of hydrogen-bond acceptors (Lipinski definition) is 2. The first-order valence-electron chi connectivity index (χ1n) is 7.40. The van der Waals surface area contributed by atoms with Crippen LogP contribution in [-0.2, 0) is 0 Å². The number of aliphatic hydroxyl groups is 1. The van der Waals surface area contributed by atoms with Crippen LogP contribution in [0.3, 0.4) is 0 Å². The third-order valence-corrected chi connectivity index (χ3v) is 5.19. The fraction of sp³-hybridized carbons (Fsp3) is 0.562. The molecule has 1 aliphatic carbocycles. The highest BCUT2D eigenvalue weighted by Crippen LogP contribution is 2.33. The van der Waals surface area contributed by atoms with E-state index in [-0.39, 0.29) is 22.5 Å². The lowest BCUT2D eigenvalue weighted by Gasteiger charge is -2.35. The fourth-order valence-corrected chi connectivity index (χ4v) is 3.26. The monoisotopic (exact) mass is 357 g/mol. The van der Waals surface area contributed by atoms with Gasteiger partial charge in [-0.1, -0.05) is 19.4 Å². The lowest BCUT2D eigenvalue weighted by atomic mass is 9.78. The number of rotatable bonds is 4. The molecule has 0 heterocycles. The standard InChI is InChI=1S/C16H21BrFNO2/c1-2-11-6-8-16(21,9-7-11)10-19-15(20)12-4-3-5-13(18)14(12)17/h3-5,11,21H,2,6-10H2,1H3,(H,19,20). The lowest BCUT2D eigenvalue weighted by Crippen LogP contribution is -2.45. The molecule has 0 spiro atoms. The van der Waals surface area contributed by atoms with Crippen LogP contribution in [0.1, 0.15) is 49.4 Å². The van der Waals surface area contributed by atoms with E-state index in [0.29, 0.717) is 18.8 Å². The number of nitrogens with one attached hydrogen (secondary N) is 1. The van der Waals surface area contributed by atoms with Gasteiger partial charge in [0.25, 0.3) is 5.91 Å². The van der Waals surface area contributed by atoms with E-state index < -0.39 is 11.4 Å². The number of halogens is 2. The molecular formula is C16H21BrFNO2. The Morgan fingerprint density at radius 3 is 2.76 bits per heavy atom. The van der Waals surface area contributed by atoms with Crippen LogP contribution in [0, 0.1) is 11.7 Å². The van der Waals surface area contributed by atoms with Crippen molar-refractivity contribution in [2.24, 2.45) is 5.92 Å². The van der Waals surface area contributed by atoms with Gasteiger partial charge in [0.15, 0.2) is 0 Å². The quantitative estimate of drug-likeness (QED) is 0.863. The first-order chi connectivity index (χ1) is 9.95. The zero-order valence-corrected chi connectivity index (χ0v) is 13.7. The molecule has 2 rings (SSSR count). The fourth-order valence-electron chi connectivity index (χ4n) is 2.82. The molecule has 1 amide bonds. The van der Waals surface area contributed by atoms with Crippen molar-refractivity contribution >= 4 is 21.8 Å². The molecule has 1 saturated carbocycles. The second-order valence-corrected chi connectivity index (χ2v) is 6.65. The Morgan fingerprint density at radius 1 is 1.48 bits per heavy atom. The maximum atomic E-state index is 13.4. The largest absolute Gasteiger partial charge is 0.388 e. The van der Waals surface area contributed by atoms with Gasteiger partial charge < -0.3 is 10.4 Å². The highest BCUT2D eigenvalue weighted by molar-refractivity contribution is 9.10. The summed E-state index contributed by atoms with van der Waals surface area (Å²) < 4.78 is 13.6. The van der Waals surface area contributed by atoms with Crippen molar-refractivity contribution in [2.75, 3.05) is 6.54 Å². The van der Waals surface area contributed by atoms with Crippen LogP contribution in [0.4, 0.5) is 4.39 Å². The van der Waals surface area contributed by atoms with Crippen molar-refractivity contribution in [1.29, 1.82) is 0 Å². The van der Waals surface area contributed by atoms with Crippen molar-refractivity contribution in [3.63, 3.8) is 0 Å². The summed E-state index contributed by atoms with van der Waals surface area (Å²) in [6.45, 7) is 2.38. The normalized spacial score (nSPS) is 25.6. The summed E-state index contributed by atoms with van der Waals surface area (Å²) in [5.41, 5.74) is -0.581. The van der Waals surface area contributed by atoms with Crippen molar-refractivity contribution in [2.45, 2.75) is 44.6 Å². The summed E-state index contributed by atoms with van der Waals surface area (Å²) in [5.74, 6) is -0.157. The topological polar surface area (TPSA) is 49.3 Å². The van der Waals surface area contributed by atoms with Gasteiger partial charge in [-0.05, 0) is 59.7 Å². The van der Waals surface area contributed by atoms with Crippen LogP contribution >= 0.6 is 15.9 Å². The van der Waals surface area contributed by atoms with Gasteiger partial charge in [0, 0.05) is 6.54 Å². The maximum absolute atomic E-state index is 13.4. The van der Waals surface area contributed by atoms with Crippen molar-refractivity contribution in [1.82, 2.24) is 5.32 Å². The molecule has 1 aromatic rings. The Labute approximate surface area is 133 Å². The van der Waals surface area contributed by atoms with Gasteiger partial charge in [0.2, 0.25) is 0 Å². The summed E-state index contributed by atoms with van der Waals surface area (Å²) in [5, 5.41) is 13.2. The summed E-state index contributed by atoms with van der Waals surface area (Å²) in [7, 11) is 0. The molecule has 0 atom stereocenters. The predicted octanol–water partition coefficient (Wildman–Crippen LogP) is 3.65. The van der Waals surface area contributed by atoms with Crippen LogP contribution in [0.5, 0.6) is 0 Å². The second-order valence-electron chi connectivity index (χ2n) is 5.86. The number of benzene rings is 1. The summed E-state index contributed by atoms with van der Waals surface area (Å²) in [4.78, 5) is 12.1. The van der Waals surface area contributed by atoms with E-state index >= 15 is 0 Å². The average molecular weight is 358 g/mol. The van der Waals surface area contributed by atoms with Gasteiger partial charge in [0.05, 0.1) is 15.6 Å². The molecule has 0 aromatic heterocycles. The van der Waals surface area contributed by atoms with E-state index in [1.165, 1.54) is 12.1 Å². The molecule has 3 nitrogen and oxygen atoms in total. The molecular weight excluding hydrogens is 337 g/mol. The molecule has 5 heteroatoms. The molecule has 0 saturated heterocycles. The van der Waals surface area contributed by atoms with Crippen LogP contribution in [0.25, 0.3) is 0 Å². The number of carbonyl (C=O) groups is 1. The summed E-state index contributed by atoms with van der Waals surface area (Å²) in [6, 6.07) is 4.34. The molecule has 0 bridgehead atoms. The molecule has 2 N–H and O–H groups in total. The first-order valence-corrected chi connectivity index (χ1v) is 8.19. The number of amides is 1. The minimum atomic E-state index is -0.832. The molecule has 0 aliphatic heterocycles. The molecule has 0 radical (unpaired) electrons. The molecule has 0 unspecified atom stereocenters. The zero-order chi connectivity index (χ0) is 15.5. The summed E-state index contributed by atoms with van der Waals surface area (Å²) in [6.07, 6.45) is 4.53. The van der Waals surface area contributed by atoms with Crippen molar-refractivity contribution in [3.05, 3.63) is 34.1 Å². The Hall–Kier alpha value is -0.940. The highest BCUT2D eigenvalue weighted by atomic mass is 79.9. The Kier molecular flexibility index (Phi) is 5.38. The molecule has 1 aromatic carbocycles. The van der Waals surface area contributed by atoms with Gasteiger partial charge >= 0.3 is 0 Å². The third-order valence-electron chi connectivity index (χ3n) is 4.39. The van der Waals surface area contributed by atoms with Crippen LogP contribution in [0.15, 0.2) is 22.7 Å². The Morgan fingerprint density at radius 2 is 2.14 bits per heavy atom. The number of carbonyl (C=O) groups excluding carboxylic acids is 1. The predicted molar refractivity (Wildman–Crippen MR) is 83.6 cm³/mol. The molecule has 21 heavy (non-hydrogen) atoms. The van der Waals surface area contributed by atoms with E-state index in [1.54, 1.807) is 6.07 Å². The molecule has 1 aliphatic rings. The highest BCUT2D eigenvalue weighted by Gasteiger charge is 2.33. The van der Waals surface area contributed by atoms with E-state index in [0.717, 1.165) is 19.3 Å². The van der Waals surface area contributed by atoms with Gasteiger partial charge in [-0.15, -0.1) is 0 Å². The lowest BCUT2D eigenvalue weighted by molar-refractivity contribution is -0.00787. The Balaban J connectivity index is 1.94. The summed E-state index contributed by atoms with van der Waals surface area (Å²) >= 11 is 3.08. The van der Waals surface area contributed by atoms with Crippen LogP contribution in [-0.4, -0.2) is 23.2 Å². The van der Waals surface area contributed by atoms with Crippen LogP contribution in [0.2, 0.25) is 0 Å². The smallest absolute Gasteiger partial charge is 0.252 e. The van der Waals surface area contributed by atoms with Crippen LogP contribution < -0.4 is 5.32 Å². The van der Waals surface area contributed by atoms with Crippen molar-refractivity contribution < 1.29 is 14.3 Å². The van der Waals surface area contributed by atoms with E-state index in [4.69, 9.17) is 0 Å². The van der Waals surface area contributed by atoms with E-state index in [1.807, 2.05) is 0 Å².